The number of fused-ring (bicyclic) bond motifs is 1. The van der Waals surface area contributed by atoms with Gasteiger partial charge in [-0.1, -0.05) is 25.1 Å². The minimum absolute atomic E-state index is 0.629. The van der Waals surface area contributed by atoms with Crippen molar-refractivity contribution in [1.82, 2.24) is 14.5 Å². The number of hydrogen-bond donors (Lipinski definition) is 0. The summed E-state index contributed by atoms with van der Waals surface area (Å²) in [4.78, 5) is 9.43. The molecule has 2 aromatic heterocycles. The van der Waals surface area contributed by atoms with Crippen LogP contribution in [0, 0.1) is 11.3 Å². The number of aryl methyl sites for hydroxylation is 1. The first-order valence-corrected chi connectivity index (χ1v) is 9.28. The highest BCUT2D eigenvalue weighted by Gasteiger charge is 2.14. The number of nitrogens with zero attached hydrogens (tertiary/aromatic N) is 4. The number of methoxy groups -OCH3 is 2. The maximum absolute atomic E-state index is 9.05. The number of nitriles is 1. The van der Waals surface area contributed by atoms with Gasteiger partial charge in [-0.05, 0) is 30.2 Å². The fourth-order valence-corrected chi connectivity index (χ4v) is 3.37. The van der Waals surface area contributed by atoms with Crippen molar-refractivity contribution in [2.75, 3.05) is 14.2 Å². The maximum Gasteiger partial charge on any atom is 0.163 e. The van der Waals surface area contributed by atoms with Crippen LogP contribution in [0.1, 0.15) is 18.1 Å². The van der Waals surface area contributed by atoms with Gasteiger partial charge in [-0.2, -0.15) is 5.26 Å². The Morgan fingerprint density at radius 2 is 1.72 bits per heavy atom. The number of imidazole rings is 1. The lowest BCUT2D eigenvalue weighted by atomic mass is 10.0. The lowest BCUT2D eigenvalue weighted by Gasteiger charge is -2.12. The second-order valence-electron chi connectivity index (χ2n) is 6.53. The maximum atomic E-state index is 9.05. The highest BCUT2D eigenvalue weighted by atomic mass is 16.5. The topological polar surface area (TPSA) is 73.0 Å². The van der Waals surface area contributed by atoms with Gasteiger partial charge in [0, 0.05) is 17.7 Å². The molecule has 0 bridgehead atoms. The summed E-state index contributed by atoms with van der Waals surface area (Å²) in [6.07, 6.45) is 2.61. The zero-order valence-electron chi connectivity index (χ0n) is 16.5. The molecule has 0 N–H and O–H groups in total. The molecule has 0 aliphatic carbocycles. The molecule has 0 atom stereocenters. The molecule has 0 unspecified atom stereocenters. The Morgan fingerprint density at radius 3 is 2.38 bits per heavy atom. The van der Waals surface area contributed by atoms with E-state index in [9.17, 15) is 0 Å². The van der Waals surface area contributed by atoms with Gasteiger partial charge in [0.2, 0.25) is 0 Å². The van der Waals surface area contributed by atoms with E-state index in [-0.39, 0.29) is 0 Å². The summed E-state index contributed by atoms with van der Waals surface area (Å²) in [5.41, 5.74) is 5.32. The van der Waals surface area contributed by atoms with E-state index in [1.54, 1.807) is 20.5 Å². The monoisotopic (exact) mass is 384 g/mol. The Kier molecular flexibility index (Phi) is 4.88. The van der Waals surface area contributed by atoms with Crippen LogP contribution in [0.2, 0.25) is 0 Å². The second-order valence-corrected chi connectivity index (χ2v) is 6.53. The smallest absolute Gasteiger partial charge is 0.163 e. The summed E-state index contributed by atoms with van der Waals surface area (Å²) in [6.45, 7) is 2.10. The number of ether oxygens (including phenoxy) is 2. The van der Waals surface area contributed by atoms with Crippen molar-refractivity contribution in [2.45, 2.75) is 13.3 Å². The minimum Gasteiger partial charge on any atom is -0.493 e. The molecule has 0 aliphatic rings. The van der Waals surface area contributed by atoms with Gasteiger partial charge in [0.25, 0.3) is 0 Å². The molecule has 0 spiro atoms. The van der Waals surface area contributed by atoms with Crippen molar-refractivity contribution < 1.29 is 9.47 Å². The van der Waals surface area contributed by atoms with Crippen LogP contribution in [-0.4, -0.2) is 28.8 Å². The molecule has 0 fully saturated rings. The predicted molar refractivity (Wildman–Crippen MR) is 111 cm³/mol. The van der Waals surface area contributed by atoms with Crippen LogP contribution in [0.15, 0.2) is 54.9 Å². The standard InChI is InChI=1S/C23H20N4O2/c1-4-16-9-10-22(26-23(16)17-7-5-15(13-24)6-8-17)27-14-25-18-11-20(28-2)21(29-3)12-19(18)27/h5-12,14H,4H2,1-3H3. The number of rotatable bonds is 5. The summed E-state index contributed by atoms with van der Waals surface area (Å²) >= 11 is 0. The van der Waals surface area contributed by atoms with Crippen molar-refractivity contribution >= 4 is 11.0 Å². The van der Waals surface area contributed by atoms with Gasteiger partial charge >= 0.3 is 0 Å². The number of aromatic nitrogens is 3. The van der Waals surface area contributed by atoms with E-state index in [0.717, 1.165) is 40.1 Å². The molecule has 4 rings (SSSR count). The normalized spacial score (nSPS) is 10.7. The third kappa shape index (κ3) is 3.27. The van der Waals surface area contributed by atoms with Crippen molar-refractivity contribution in [1.29, 1.82) is 5.26 Å². The van der Waals surface area contributed by atoms with Crippen LogP contribution >= 0.6 is 0 Å². The molecule has 0 saturated heterocycles. The Balaban J connectivity index is 1.86. The van der Waals surface area contributed by atoms with E-state index in [1.165, 1.54) is 0 Å². The van der Waals surface area contributed by atoms with Crippen LogP contribution in [0.25, 0.3) is 28.1 Å². The van der Waals surface area contributed by atoms with Gasteiger partial charge in [0.15, 0.2) is 11.5 Å². The SMILES string of the molecule is CCc1ccc(-n2cnc3cc(OC)c(OC)cc32)nc1-c1ccc(C#N)cc1. The first-order valence-electron chi connectivity index (χ1n) is 9.28. The van der Waals surface area contributed by atoms with Crippen LogP contribution in [-0.2, 0) is 6.42 Å². The molecule has 6 nitrogen and oxygen atoms in total. The van der Waals surface area contributed by atoms with Gasteiger partial charge in [0.1, 0.15) is 12.1 Å². The molecule has 2 aromatic carbocycles. The molecule has 0 saturated carbocycles. The Bertz CT molecular complexity index is 1220. The van der Waals surface area contributed by atoms with E-state index in [0.29, 0.717) is 17.1 Å². The van der Waals surface area contributed by atoms with Gasteiger partial charge < -0.3 is 9.47 Å². The minimum atomic E-state index is 0.629. The molecule has 4 aromatic rings. The Hall–Kier alpha value is -3.85. The zero-order chi connectivity index (χ0) is 20.4. The van der Waals surface area contributed by atoms with Crippen LogP contribution in [0.4, 0.5) is 0 Å². The summed E-state index contributed by atoms with van der Waals surface area (Å²) in [5, 5.41) is 9.05. The Morgan fingerprint density at radius 1 is 1.00 bits per heavy atom. The van der Waals surface area contributed by atoms with Crippen molar-refractivity contribution in [2.24, 2.45) is 0 Å². The van der Waals surface area contributed by atoms with Crippen molar-refractivity contribution in [3.05, 3.63) is 66.0 Å². The fraction of sp³-hybridized carbons (Fsp3) is 0.174. The molecule has 2 heterocycles. The molecule has 144 valence electrons. The first-order chi connectivity index (χ1) is 14.2. The molecule has 0 aliphatic heterocycles. The van der Waals surface area contributed by atoms with Gasteiger partial charge in [-0.25, -0.2) is 9.97 Å². The average Bonchev–Trinajstić information content (AvgIpc) is 3.20. The zero-order valence-corrected chi connectivity index (χ0v) is 16.5. The number of pyridine rings is 1. The number of benzene rings is 2. The Labute approximate surface area is 169 Å². The van der Waals surface area contributed by atoms with Gasteiger partial charge in [0.05, 0.1) is 42.6 Å². The molecule has 6 heteroatoms. The largest absolute Gasteiger partial charge is 0.493 e. The third-order valence-corrected chi connectivity index (χ3v) is 4.93. The highest BCUT2D eigenvalue weighted by molar-refractivity contribution is 5.81. The van der Waals surface area contributed by atoms with E-state index in [4.69, 9.17) is 19.7 Å². The second kappa shape index (κ2) is 7.64. The van der Waals surface area contributed by atoms with Gasteiger partial charge in [-0.15, -0.1) is 0 Å². The van der Waals surface area contributed by atoms with E-state index < -0.39 is 0 Å². The predicted octanol–water partition coefficient (Wildman–Crippen LogP) is 4.54. The van der Waals surface area contributed by atoms with Crippen LogP contribution in [0.5, 0.6) is 11.5 Å². The molecular weight excluding hydrogens is 364 g/mol. The summed E-state index contributed by atoms with van der Waals surface area (Å²) < 4.78 is 12.8. The number of hydrogen-bond acceptors (Lipinski definition) is 5. The molecular formula is C23H20N4O2. The highest BCUT2D eigenvalue weighted by Crippen LogP contribution is 2.33. The quantitative estimate of drug-likeness (QED) is 0.505. The van der Waals surface area contributed by atoms with Crippen molar-refractivity contribution in [3.8, 4) is 34.6 Å². The fourth-order valence-electron chi connectivity index (χ4n) is 3.37. The summed E-state index contributed by atoms with van der Waals surface area (Å²) in [7, 11) is 3.22. The van der Waals surface area contributed by atoms with Gasteiger partial charge in [-0.3, -0.25) is 4.57 Å². The van der Waals surface area contributed by atoms with E-state index in [1.807, 2.05) is 47.0 Å². The van der Waals surface area contributed by atoms with Crippen LogP contribution < -0.4 is 9.47 Å². The summed E-state index contributed by atoms with van der Waals surface area (Å²) in [5.74, 6) is 2.04. The van der Waals surface area contributed by atoms with E-state index in [2.05, 4.69) is 24.0 Å². The summed E-state index contributed by atoms with van der Waals surface area (Å²) in [6, 6.07) is 17.5. The van der Waals surface area contributed by atoms with Crippen molar-refractivity contribution in [3.63, 3.8) is 0 Å². The van der Waals surface area contributed by atoms with E-state index >= 15 is 0 Å². The average molecular weight is 384 g/mol. The van der Waals surface area contributed by atoms with Crippen LogP contribution in [0.3, 0.4) is 0 Å². The lowest BCUT2D eigenvalue weighted by Crippen LogP contribution is -2.01. The first kappa shape index (κ1) is 18.5. The molecule has 0 amide bonds. The third-order valence-electron chi connectivity index (χ3n) is 4.93. The lowest BCUT2D eigenvalue weighted by molar-refractivity contribution is 0.355. The molecule has 29 heavy (non-hydrogen) atoms. The molecule has 0 radical (unpaired) electrons.